The second-order valence-electron chi connectivity index (χ2n) is 8.26. The van der Waals surface area contributed by atoms with Crippen molar-refractivity contribution in [3.8, 4) is 0 Å². The third-order valence-corrected chi connectivity index (χ3v) is 6.45. The van der Waals surface area contributed by atoms with Crippen molar-refractivity contribution in [3.05, 3.63) is 35.4 Å². The molecule has 3 aliphatic rings. The third-order valence-electron chi connectivity index (χ3n) is 5.98. The van der Waals surface area contributed by atoms with Crippen molar-refractivity contribution in [2.24, 2.45) is 27.0 Å². The van der Waals surface area contributed by atoms with Crippen LogP contribution in [0.15, 0.2) is 34.3 Å². The van der Waals surface area contributed by atoms with Crippen LogP contribution in [0.1, 0.15) is 49.3 Å². The van der Waals surface area contributed by atoms with E-state index in [2.05, 4.69) is 31.6 Å². The lowest BCUT2D eigenvalue weighted by molar-refractivity contribution is -0.118. The number of guanidine groups is 1. The van der Waals surface area contributed by atoms with Crippen LogP contribution in [0.5, 0.6) is 0 Å². The van der Waals surface area contributed by atoms with Gasteiger partial charge in [-0.3, -0.25) is 14.3 Å². The molecule has 0 radical (unpaired) electrons. The van der Waals surface area contributed by atoms with Gasteiger partial charge in [-0.05, 0) is 49.1 Å². The summed E-state index contributed by atoms with van der Waals surface area (Å²) in [5.74, 6) is -0.0186. The lowest BCUT2D eigenvalue weighted by Crippen LogP contribution is -2.37. The zero-order valence-corrected chi connectivity index (χ0v) is 17.3. The SMILES string of the molecule is NS(=O)(=O)OC[C@@H]1C[C@@H](CC2=NC(=N[C@H]3CCc4ccccc43)NC(=O)C2)C[C@@H]1O. The van der Waals surface area contributed by atoms with Crippen molar-refractivity contribution in [1.29, 1.82) is 0 Å². The van der Waals surface area contributed by atoms with Gasteiger partial charge in [0.05, 0.1) is 25.2 Å². The zero-order chi connectivity index (χ0) is 21.3. The molecule has 4 rings (SSSR count). The number of nitrogens with zero attached hydrogens (tertiary/aromatic N) is 2. The molecule has 1 amide bonds. The highest BCUT2D eigenvalue weighted by atomic mass is 32.2. The van der Waals surface area contributed by atoms with Crippen LogP contribution in [0, 0.1) is 11.8 Å². The second kappa shape index (κ2) is 8.54. The van der Waals surface area contributed by atoms with Crippen molar-refractivity contribution in [3.63, 3.8) is 0 Å². The number of aliphatic hydroxyl groups is 1. The van der Waals surface area contributed by atoms with Gasteiger partial charge in [-0.2, -0.15) is 8.42 Å². The van der Waals surface area contributed by atoms with Crippen molar-refractivity contribution >= 4 is 27.9 Å². The molecule has 0 unspecified atom stereocenters. The second-order valence-corrected chi connectivity index (χ2v) is 9.48. The first kappa shape index (κ1) is 21.1. The Hall–Kier alpha value is -2.14. The molecule has 0 aromatic heterocycles. The normalized spacial score (nSPS) is 30.3. The van der Waals surface area contributed by atoms with Gasteiger partial charge >= 0.3 is 10.3 Å². The highest BCUT2D eigenvalue weighted by molar-refractivity contribution is 7.84. The van der Waals surface area contributed by atoms with Gasteiger partial charge in [0.15, 0.2) is 0 Å². The van der Waals surface area contributed by atoms with Gasteiger partial charge < -0.3 is 5.11 Å². The molecule has 0 saturated heterocycles. The van der Waals surface area contributed by atoms with Crippen molar-refractivity contribution in [1.82, 2.24) is 5.32 Å². The lowest BCUT2D eigenvalue weighted by Gasteiger charge is -2.18. The molecular weight excluding hydrogens is 408 g/mol. The van der Waals surface area contributed by atoms with Gasteiger partial charge in [0, 0.05) is 11.6 Å². The number of aliphatic imine (C=N–C) groups is 2. The predicted octanol–water partition coefficient (Wildman–Crippen LogP) is 0.988. The Balaban J connectivity index is 1.42. The molecule has 1 aromatic carbocycles. The summed E-state index contributed by atoms with van der Waals surface area (Å²) >= 11 is 0. The first-order valence-corrected chi connectivity index (χ1v) is 11.6. The van der Waals surface area contributed by atoms with Gasteiger partial charge in [0.25, 0.3) is 0 Å². The van der Waals surface area contributed by atoms with Gasteiger partial charge in [-0.1, -0.05) is 24.3 Å². The monoisotopic (exact) mass is 434 g/mol. The molecule has 1 heterocycles. The minimum atomic E-state index is -4.03. The number of amides is 1. The van der Waals surface area contributed by atoms with Gasteiger partial charge in [0.2, 0.25) is 11.9 Å². The topological polar surface area (TPSA) is 143 Å². The third kappa shape index (κ3) is 5.12. The fraction of sp³-hybridized carbons (Fsp3) is 0.550. The van der Waals surface area contributed by atoms with Crippen LogP contribution in [-0.4, -0.2) is 43.8 Å². The number of carbonyl (C=O) groups is 1. The maximum Gasteiger partial charge on any atom is 0.333 e. The van der Waals surface area contributed by atoms with E-state index in [9.17, 15) is 18.3 Å². The number of aliphatic hydroxyl groups excluding tert-OH is 1. The Bertz CT molecular complexity index is 991. The summed E-state index contributed by atoms with van der Waals surface area (Å²) in [5, 5.41) is 17.8. The molecule has 4 N–H and O–H groups in total. The molecule has 4 atom stereocenters. The highest BCUT2D eigenvalue weighted by Crippen LogP contribution is 2.36. The summed E-state index contributed by atoms with van der Waals surface area (Å²) in [6.07, 6.45) is 3.02. The number of carbonyl (C=O) groups excluding carboxylic acids is 1. The number of nitrogens with one attached hydrogen (secondary N) is 1. The molecule has 9 nitrogen and oxygen atoms in total. The summed E-state index contributed by atoms with van der Waals surface area (Å²) in [4.78, 5) is 21.5. The fourth-order valence-electron chi connectivity index (χ4n) is 4.64. The van der Waals surface area contributed by atoms with Crippen LogP contribution < -0.4 is 10.5 Å². The average molecular weight is 435 g/mol. The van der Waals surface area contributed by atoms with Crippen molar-refractivity contribution in [2.75, 3.05) is 6.61 Å². The number of hydrogen-bond donors (Lipinski definition) is 3. The van der Waals surface area contributed by atoms with Crippen LogP contribution >= 0.6 is 0 Å². The van der Waals surface area contributed by atoms with Crippen molar-refractivity contribution < 1.29 is 22.5 Å². The van der Waals surface area contributed by atoms with Crippen LogP contribution in [0.3, 0.4) is 0 Å². The van der Waals surface area contributed by atoms with E-state index in [4.69, 9.17) is 5.14 Å². The van der Waals surface area contributed by atoms with Crippen molar-refractivity contribution in [2.45, 2.75) is 50.7 Å². The van der Waals surface area contributed by atoms with E-state index >= 15 is 0 Å². The van der Waals surface area contributed by atoms with Gasteiger partial charge in [0.1, 0.15) is 0 Å². The summed E-state index contributed by atoms with van der Waals surface area (Å²) in [5.41, 5.74) is 3.19. The van der Waals surface area contributed by atoms with Gasteiger partial charge in [-0.15, -0.1) is 0 Å². The first-order chi connectivity index (χ1) is 14.3. The summed E-state index contributed by atoms with van der Waals surface area (Å²) in [7, 11) is -4.03. The van der Waals surface area contributed by atoms with Crippen LogP contribution in [0.4, 0.5) is 0 Å². The summed E-state index contributed by atoms with van der Waals surface area (Å²) < 4.78 is 26.6. The minimum Gasteiger partial charge on any atom is -0.393 e. The van der Waals surface area contributed by atoms with E-state index in [0.29, 0.717) is 25.2 Å². The molecule has 2 aliphatic carbocycles. The molecule has 1 aromatic rings. The zero-order valence-electron chi connectivity index (χ0n) is 16.5. The lowest BCUT2D eigenvalue weighted by atomic mass is 9.97. The Morgan fingerprint density at radius 2 is 2.10 bits per heavy atom. The Morgan fingerprint density at radius 1 is 1.30 bits per heavy atom. The number of hydrogen-bond acceptors (Lipinski definition) is 6. The Labute approximate surface area is 175 Å². The molecule has 10 heteroatoms. The highest BCUT2D eigenvalue weighted by Gasteiger charge is 2.35. The van der Waals surface area contributed by atoms with Crippen LogP contribution in [-0.2, 0) is 25.7 Å². The molecule has 30 heavy (non-hydrogen) atoms. The predicted molar refractivity (Wildman–Crippen MR) is 111 cm³/mol. The molecule has 0 bridgehead atoms. The maximum absolute atomic E-state index is 12.2. The molecular formula is C20H26N4O5S. The number of benzene rings is 1. The average Bonchev–Trinajstić information content (AvgIpc) is 3.22. The van der Waals surface area contributed by atoms with Gasteiger partial charge in [-0.25, -0.2) is 15.1 Å². The summed E-state index contributed by atoms with van der Waals surface area (Å²) in [6, 6.07) is 8.17. The number of fused-ring (bicyclic) bond motifs is 1. The Kier molecular flexibility index (Phi) is 6.01. The van der Waals surface area contributed by atoms with E-state index < -0.39 is 16.4 Å². The number of aryl methyl sites for hydroxylation is 1. The largest absolute Gasteiger partial charge is 0.393 e. The van der Waals surface area contributed by atoms with E-state index in [-0.39, 0.29) is 36.8 Å². The molecule has 1 fully saturated rings. The molecule has 0 spiro atoms. The number of nitrogens with two attached hydrogens (primary N) is 1. The van der Waals surface area contributed by atoms with E-state index in [1.54, 1.807) is 0 Å². The van der Waals surface area contributed by atoms with E-state index in [1.807, 2.05) is 12.1 Å². The molecule has 162 valence electrons. The molecule has 1 aliphatic heterocycles. The standard InChI is InChI=1S/C20H26N4O5S/c21-30(27,28)29-11-14-7-12(9-18(14)25)8-15-10-19(26)24-20(22-15)23-17-6-5-13-3-1-2-4-16(13)17/h1-4,12,14,17-18,25H,5-11H2,(H2,21,27,28)(H,23,24,26)/t12-,14-,17-,18-/m0/s1. The first-order valence-electron chi connectivity index (χ1n) is 10.1. The Morgan fingerprint density at radius 3 is 2.90 bits per heavy atom. The van der Waals surface area contributed by atoms with E-state index in [0.717, 1.165) is 18.6 Å². The molecule has 1 saturated carbocycles. The van der Waals surface area contributed by atoms with Crippen LogP contribution in [0.2, 0.25) is 0 Å². The summed E-state index contributed by atoms with van der Waals surface area (Å²) in [6.45, 7) is -0.142. The minimum absolute atomic E-state index is 0.00681. The number of rotatable bonds is 6. The fourth-order valence-corrected chi connectivity index (χ4v) is 5.01. The maximum atomic E-state index is 12.2. The van der Waals surface area contributed by atoms with E-state index in [1.165, 1.54) is 11.1 Å². The quantitative estimate of drug-likeness (QED) is 0.612. The smallest absolute Gasteiger partial charge is 0.333 e. The van der Waals surface area contributed by atoms with Crippen LogP contribution in [0.25, 0.3) is 0 Å².